The van der Waals surface area contributed by atoms with Crippen LogP contribution in [-0.2, 0) is 15.7 Å². The van der Waals surface area contributed by atoms with E-state index < -0.39 is 29.7 Å². The molecule has 1 saturated heterocycles. The van der Waals surface area contributed by atoms with Crippen molar-refractivity contribution in [1.82, 2.24) is 4.90 Å². The van der Waals surface area contributed by atoms with Crippen LogP contribution in [0.3, 0.4) is 0 Å². The lowest BCUT2D eigenvalue weighted by atomic mass is 9.97. The van der Waals surface area contributed by atoms with E-state index in [9.17, 15) is 22.8 Å². The van der Waals surface area contributed by atoms with Crippen LogP contribution in [0.25, 0.3) is 0 Å². The molecular weight excluding hydrogens is 313 g/mol. The lowest BCUT2D eigenvalue weighted by Crippen LogP contribution is -2.43. The zero-order valence-electron chi connectivity index (χ0n) is 12.5. The number of piperidine rings is 1. The zero-order chi connectivity index (χ0) is 17.0. The number of anilines is 1. The van der Waals surface area contributed by atoms with Gasteiger partial charge in [0.25, 0.3) is 0 Å². The van der Waals surface area contributed by atoms with E-state index in [-0.39, 0.29) is 12.2 Å². The highest BCUT2D eigenvalue weighted by Crippen LogP contribution is 2.31. The second-order valence-electron chi connectivity index (χ2n) is 5.32. The molecule has 1 heterocycles. The Labute approximate surface area is 131 Å². The number of amides is 2. The molecule has 1 atom stereocenters. The van der Waals surface area contributed by atoms with Crippen molar-refractivity contribution < 1.29 is 27.5 Å². The van der Waals surface area contributed by atoms with Crippen LogP contribution in [0.5, 0.6) is 0 Å². The Bertz CT molecular complexity index is 590. The average molecular weight is 330 g/mol. The molecule has 2 amide bonds. The van der Waals surface area contributed by atoms with E-state index >= 15 is 0 Å². The summed E-state index contributed by atoms with van der Waals surface area (Å²) in [6.07, 6.45) is -3.78. The fourth-order valence-electron chi connectivity index (χ4n) is 2.50. The maximum Gasteiger partial charge on any atom is 0.416 e. The van der Waals surface area contributed by atoms with Crippen LogP contribution in [0.15, 0.2) is 24.3 Å². The molecular formula is C15H17F3N2O3. The molecule has 0 aromatic heterocycles. The third-order valence-electron chi connectivity index (χ3n) is 3.68. The van der Waals surface area contributed by atoms with Gasteiger partial charge in [-0.15, -0.1) is 0 Å². The van der Waals surface area contributed by atoms with Gasteiger partial charge in [-0.2, -0.15) is 13.2 Å². The van der Waals surface area contributed by atoms with Crippen molar-refractivity contribution in [2.24, 2.45) is 5.92 Å². The van der Waals surface area contributed by atoms with E-state index in [1.165, 1.54) is 24.1 Å². The Hall–Kier alpha value is -2.25. The molecule has 1 unspecified atom stereocenters. The monoisotopic (exact) mass is 330 g/mol. The predicted octanol–water partition coefficient (Wildman–Crippen LogP) is 3.12. The first kappa shape index (κ1) is 17.1. The smallest absolute Gasteiger partial charge is 0.416 e. The van der Waals surface area contributed by atoms with Crippen LogP contribution in [0.1, 0.15) is 18.4 Å². The molecule has 0 saturated carbocycles. The summed E-state index contributed by atoms with van der Waals surface area (Å²) in [6, 6.07) is 4.46. The standard InChI is InChI=1S/C15H17F3N2O3/c1-23-14(22)20-7-3-4-10(9-20)13(21)19-12-6-2-5-11(8-12)15(16,17)18/h2,5-6,8,10H,3-4,7,9H2,1H3,(H,19,21). The summed E-state index contributed by atoms with van der Waals surface area (Å²) >= 11 is 0. The number of hydrogen-bond acceptors (Lipinski definition) is 3. The number of nitrogens with one attached hydrogen (secondary N) is 1. The minimum absolute atomic E-state index is 0.0833. The molecule has 5 nitrogen and oxygen atoms in total. The number of rotatable bonds is 2. The first-order valence-electron chi connectivity index (χ1n) is 7.12. The number of methoxy groups -OCH3 is 1. The minimum Gasteiger partial charge on any atom is -0.453 e. The quantitative estimate of drug-likeness (QED) is 0.906. The van der Waals surface area contributed by atoms with Gasteiger partial charge >= 0.3 is 12.3 Å². The molecule has 1 aliphatic rings. The number of ether oxygens (including phenoxy) is 1. The molecule has 1 aromatic carbocycles. The summed E-state index contributed by atoms with van der Waals surface area (Å²) in [5.41, 5.74) is -0.741. The zero-order valence-corrected chi connectivity index (χ0v) is 12.5. The molecule has 126 valence electrons. The van der Waals surface area contributed by atoms with Gasteiger partial charge in [0.2, 0.25) is 5.91 Å². The third-order valence-corrected chi connectivity index (χ3v) is 3.68. The number of nitrogens with zero attached hydrogens (tertiary/aromatic N) is 1. The number of hydrogen-bond donors (Lipinski definition) is 1. The van der Waals surface area contributed by atoms with Crippen molar-refractivity contribution in [3.05, 3.63) is 29.8 Å². The number of alkyl halides is 3. The Kier molecular flexibility index (Phi) is 5.12. The Morgan fingerprint density at radius 3 is 2.74 bits per heavy atom. The fraction of sp³-hybridized carbons (Fsp3) is 0.467. The van der Waals surface area contributed by atoms with Crippen LogP contribution >= 0.6 is 0 Å². The van der Waals surface area contributed by atoms with Gasteiger partial charge < -0.3 is 15.0 Å². The highest BCUT2D eigenvalue weighted by molar-refractivity contribution is 5.93. The van der Waals surface area contributed by atoms with Gasteiger partial charge in [0.15, 0.2) is 0 Å². The van der Waals surface area contributed by atoms with E-state index in [4.69, 9.17) is 0 Å². The van der Waals surface area contributed by atoms with Crippen molar-refractivity contribution in [2.75, 3.05) is 25.5 Å². The fourth-order valence-corrected chi connectivity index (χ4v) is 2.50. The minimum atomic E-state index is -4.47. The van der Waals surface area contributed by atoms with Crippen LogP contribution in [0.4, 0.5) is 23.7 Å². The molecule has 1 aliphatic heterocycles. The van der Waals surface area contributed by atoms with Crippen molar-refractivity contribution in [1.29, 1.82) is 0 Å². The normalized spacial score (nSPS) is 18.4. The summed E-state index contributed by atoms with van der Waals surface area (Å²) < 4.78 is 42.6. The molecule has 23 heavy (non-hydrogen) atoms. The van der Waals surface area contributed by atoms with Crippen molar-refractivity contribution in [2.45, 2.75) is 19.0 Å². The van der Waals surface area contributed by atoms with Crippen LogP contribution in [-0.4, -0.2) is 37.1 Å². The van der Waals surface area contributed by atoms with Gasteiger partial charge in [0, 0.05) is 18.8 Å². The number of benzene rings is 1. The van der Waals surface area contributed by atoms with Gasteiger partial charge in [0.05, 0.1) is 18.6 Å². The third kappa shape index (κ3) is 4.37. The van der Waals surface area contributed by atoms with Gasteiger partial charge in [0.1, 0.15) is 0 Å². The van der Waals surface area contributed by atoms with Gasteiger partial charge in [-0.05, 0) is 31.0 Å². The van der Waals surface area contributed by atoms with Crippen LogP contribution in [0.2, 0.25) is 0 Å². The largest absolute Gasteiger partial charge is 0.453 e. The van der Waals surface area contributed by atoms with E-state index in [0.717, 1.165) is 12.1 Å². The summed E-state index contributed by atoms with van der Waals surface area (Å²) in [4.78, 5) is 25.1. The summed E-state index contributed by atoms with van der Waals surface area (Å²) in [5, 5.41) is 2.48. The number of halogens is 3. The maximum atomic E-state index is 12.7. The Balaban J connectivity index is 2.03. The highest BCUT2D eigenvalue weighted by atomic mass is 19.4. The molecule has 1 fully saturated rings. The molecule has 0 bridgehead atoms. The lowest BCUT2D eigenvalue weighted by Gasteiger charge is -2.30. The van der Waals surface area contributed by atoms with Crippen molar-refractivity contribution >= 4 is 17.7 Å². The second-order valence-corrected chi connectivity index (χ2v) is 5.32. The number of likely N-dealkylation sites (tertiary alicyclic amines) is 1. The topological polar surface area (TPSA) is 58.6 Å². The molecule has 0 radical (unpaired) electrons. The summed E-state index contributed by atoms with van der Waals surface area (Å²) in [6.45, 7) is 0.692. The summed E-state index contributed by atoms with van der Waals surface area (Å²) in [7, 11) is 1.26. The first-order valence-corrected chi connectivity index (χ1v) is 7.12. The van der Waals surface area contributed by atoms with Crippen molar-refractivity contribution in [3.63, 3.8) is 0 Å². The van der Waals surface area contributed by atoms with E-state index in [2.05, 4.69) is 10.1 Å². The van der Waals surface area contributed by atoms with Gasteiger partial charge in [-0.3, -0.25) is 4.79 Å². The number of carbonyl (C=O) groups excluding carboxylic acids is 2. The molecule has 2 rings (SSSR count). The lowest BCUT2D eigenvalue weighted by molar-refractivity contribution is -0.137. The van der Waals surface area contributed by atoms with Gasteiger partial charge in [-0.25, -0.2) is 4.79 Å². The molecule has 0 aliphatic carbocycles. The van der Waals surface area contributed by atoms with Gasteiger partial charge in [-0.1, -0.05) is 6.07 Å². The van der Waals surface area contributed by atoms with E-state index in [0.29, 0.717) is 19.4 Å². The first-order chi connectivity index (χ1) is 10.8. The molecule has 8 heteroatoms. The summed E-state index contributed by atoms with van der Waals surface area (Å²) in [5.74, 6) is -0.879. The van der Waals surface area contributed by atoms with Crippen LogP contribution in [0, 0.1) is 5.92 Å². The Morgan fingerprint density at radius 2 is 2.09 bits per heavy atom. The second kappa shape index (κ2) is 6.89. The SMILES string of the molecule is COC(=O)N1CCCC(C(=O)Nc2cccc(C(F)(F)F)c2)C1. The Morgan fingerprint density at radius 1 is 1.35 bits per heavy atom. The predicted molar refractivity (Wildman–Crippen MR) is 76.8 cm³/mol. The molecule has 1 aromatic rings. The van der Waals surface area contributed by atoms with Crippen molar-refractivity contribution in [3.8, 4) is 0 Å². The number of carbonyl (C=O) groups is 2. The average Bonchev–Trinajstić information content (AvgIpc) is 2.53. The highest BCUT2D eigenvalue weighted by Gasteiger charge is 2.31. The van der Waals surface area contributed by atoms with E-state index in [1.807, 2.05) is 0 Å². The molecule has 0 spiro atoms. The maximum absolute atomic E-state index is 12.7. The van der Waals surface area contributed by atoms with E-state index in [1.54, 1.807) is 0 Å². The molecule has 1 N–H and O–H groups in total. The van der Waals surface area contributed by atoms with Crippen LogP contribution < -0.4 is 5.32 Å².